The molecule has 6 nitrogen and oxygen atoms in total. The topological polar surface area (TPSA) is 73.2 Å². The summed E-state index contributed by atoms with van der Waals surface area (Å²) in [6.45, 7) is 7.31. The number of carbonyl (C=O) groups excluding carboxylic acids is 2. The summed E-state index contributed by atoms with van der Waals surface area (Å²) in [5, 5.41) is 8.33. The number of aromatic nitrogens is 2. The molecule has 0 atom stereocenters. The molecule has 1 aliphatic carbocycles. The lowest BCUT2D eigenvalue weighted by Crippen LogP contribution is -2.22. The molecule has 0 unspecified atom stereocenters. The second kappa shape index (κ2) is 8.02. The predicted octanol–water partition coefficient (Wildman–Crippen LogP) is 4.30. The van der Waals surface area contributed by atoms with Crippen LogP contribution in [0.1, 0.15) is 58.9 Å². The predicted molar refractivity (Wildman–Crippen MR) is 107 cm³/mol. The van der Waals surface area contributed by atoms with Gasteiger partial charge in [0.15, 0.2) is 0 Å². The van der Waals surface area contributed by atoms with Crippen molar-refractivity contribution in [3.8, 4) is 0 Å². The number of amides is 1. The van der Waals surface area contributed by atoms with Crippen molar-refractivity contribution in [1.29, 1.82) is 0 Å². The van der Waals surface area contributed by atoms with Gasteiger partial charge >= 0.3 is 5.97 Å². The van der Waals surface area contributed by atoms with Crippen molar-refractivity contribution in [1.82, 2.24) is 9.78 Å². The lowest BCUT2D eigenvalue weighted by molar-refractivity contribution is -0.116. The van der Waals surface area contributed by atoms with Gasteiger partial charge in [-0.15, -0.1) is 11.3 Å². The highest BCUT2D eigenvalue weighted by atomic mass is 35.5. The summed E-state index contributed by atoms with van der Waals surface area (Å²) in [7, 11) is 0. The monoisotopic (exact) mass is 409 g/mol. The maximum absolute atomic E-state index is 12.6. The van der Waals surface area contributed by atoms with Crippen LogP contribution in [0.3, 0.4) is 0 Å². The Morgan fingerprint density at radius 3 is 2.63 bits per heavy atom. The van der Waals surface area contributed by atoms with E-state index in [-0.39, 0.29) is 24.5 Å². The van der Waals surface area contributed by atoms with Crippen molar-refractivity contribution in [3.63, 3.8) is 0 Å². The SMILES string of the molecule is Cc1nn(CC(=O)Nc2sc3c(c2C(=O)OC(C)C)CCCC3)c(C)c1Cl. The highest BCUT2D eigenvalue weighted by Crippen LogP contribution is 2.38. The Bertz CT molecular complexity index is 885. The Morgan fingerprint density at radius 1 is 1.30 bits per heavy atom. The molecule has 0 aromatic carbocycles. The normalized spacial score (nSPS) is 13.6. The molecule has 27 heavy (non-hydrogen) atoms. The fourth-order valence-corrected chi connectivity index (χ4v) is 4.70. The standard InChI is InChI=1S/C19H24ClN3O3S/c1-10(2)26-19(25)16-13-7-5-6-8-14(13)27-18(16)21-15(24)9-23-12(4)17(20)11(3)22-23/h10H,5-9H2,1-4H3,(H,21,24). The number of hydrogen-bond acceptors (Lipinski definition) is 5. The molecular weight excluding hydrogens is 386 g/mol. The minimum Gasteiger partial charge on any atom is -0.459 e. The Morgan fingerprint density at radius 2 is 2.00 bits per heavy atom. The number of ether oxygens (including phenoxy) is 1. The van der Waals surface area contributed by atoms with Crippen molar-refractivity contribution < 1.29 is 14.3 Å². The van der Waals surface area contributed by atoms with Gasteiger partial charge in [-0.25, -0.2) is 4.79 Å². The number of nitrogens with one attached hydrogen (secondary N) is 1. The Hall–Kier alpha value is -1.86. The first-order valence-corrected chi connectivity index (χ1v) is 10.3. The molecule has 0 fully saturated rings. The van der Waals surface area contributed by atoms with Crippen molar-refractivity contribution in [2.24, 2.45) is 0 Å². The van der Waals surface area contributed by atoms with Crippen LogP contribution in [0.5, 0.6) is 0 Å². The first-order chi connectivity index (χ1) is 12.8. The second-order valence-corrected chi connectivity index (χ2v) is 8.54. The van der Waals surface area contributed by atoms with E-state index in [0.29, 0.717) is 21.3 Å². The lowest BCUT2D eigenvalue weighted by atomic mass is 9.95. The first-order valence-electron chi connectivity index (χ1n) is 9.12. The summed E-state index contributed by atoms with van der Waals surface area (Å²) in [5.74, 6) is -0.608. The Balaban J connectivity index is 1.85. The van der Waals surface area contributed by atoms with Gasteiger partial charge in [0.1, 0.15) is 11.5 Å². The smallest absolute Gasteiger partial charge is 0.341 e. The number of anilines is 1. The zero-order valence-electron chi connectivity index (χ0n) is 16.0. The minimum atomic E-state index is -0.367. The third-order valence-corrected chi connectivity index (χ3v) is 6.31. The molecule has 0 bridgehead atoms. The summed E-state index contributed by atoms with van der Waals surface area (Å²) < 4.78 is 7.00. The molecule has 0 saturated carbocycles. The second-order valence-electron chi connectivity index (χ2n) is 7.06. The third-order valence-electron chi connectivity index (χ3n) is 4.56. The molecule has 2 aromatic rings. The van der Waals surface area contributed by atoms with E-state index in [4.69, 9.17) is 16.3 Å². The third kappa shape index (κ3) is 4.19. The van der Waals surface area contributed by atoms with Crippen LogP contribution < -0.4 is 5.32 Å². The zero-order chi connectivity index (χ0) is 19.7. The molecule has 1 N–H and O–H groups in total. The number of nitrogens with zero attached hydrogens (tertiary/aromatic N) is 2. The summed E-state index contributed by atoms with van der Waals surface area (Å²) in [4.78, 5) is 26.4. The molecule has 0 saturated heterocycles. The average molecular weight is 410 g/mol. The van der Waals surface area contributed by atoms with E-state index < -0.39 is 0 Å². The van der Waals surface area contributed by atoms with Crippen LogP contribution in [0.2, 0.25) is 5.02 Å². The number of aryl methyl sites for hydroxylation is 2. The largest absolute Gasteiger partial charge is 0.459 e. The fraction of sp³-hybridized carbons (Fsp3) is 0.526. The van der Waals surface area contributed by atoms with Crippen molar-refractivity contribution in [2.45, 2.75) is 66.0 Å². The molecule has 3 rings (SSSR count). The van der Waals surface area contributed by atoms with E-state index in [1.807, 2.05) is 20.8 Å². The quantitative estimate of drug-likeness (QED) is 0.747. The van der Waals surface area contributed by atoms with Crippen LogP contribution in [-0.2, 0) is 28.9 Å². The van der Waals surface area contributed by atoms with Crippen LogP contribution >= 0.6 is 22.9 Å². The Labute approximate surface area is 167 Å². The molecule has 1 aliphatic rings. The van der Waals surface area contributed by atoms with Crippen LogP contribution in [0.4, 0.5) is 5.00 Å². The summed E-state index contributed by atoms with van der Waals surface area (Å²) in [6.07, 6.45) is 3.71. The Kier molecular flexibility index (Phi) is 5.91. The fourth-order valence-electron chi connectivity index (χ4n) is 3.27. The van der Waals surface area contributed by atoms with Crippen LogP contribution in [0, 0.1) is 13.8 Å². The van der Waals surface area contributed by atoms with E-state index in [2.05, 4.69) is 10.4 Å². The molecule has 8 heteroatoms. The van der Waals surface area contributed by atoms with Gasteiger partial charge in [0.2, 0.25) is 5.91 Å². The molecule has 1 amide bonds. The molecule has 146 valence electrons. The highest BCUT2D eigenvalue weighted by Gasteiger charge is 2.28. The van der Waals surface area contributed by atoms with Gasteiger partial charge in [-0.05, 0) is 58.9 Å². The van der Waals surface area contributed by atoms with E-state index >= 15 is 0 Å². The van der Waals surface area contributed by atoms with E-state index in [1.165, 1.54) is 16.2 Å². The molecule has 2 aromatic heterocycles. The van der Waals surface area contributed by atoms with Crippen molar-refractivity contribution >= 4 is 39.8 Å². The number of thiophene rings is 1. The van der Waals surface area contributed by atoms with E-state index in [1.54, 1.807) is 11.6 Å². The van der Waals surface area contributed by atoms with Crippen molar-refractivity contribution in [3.05, 3.63) is 32.4 Å². The first kappa shape index (κ1) is 19.9. The number of carbonyl (C=O) groups is 2. The van der Waals surface area contributed by atoms with Crippen LogP contribution in [0.25, 0.3) is 0 Å². The van der Waals surface area contributed by atoms with Gasteiger partial charge in [-0.3, -0.25) is 9.48 Å². The minimum absolute atomic E-state index is 0.0423. The van der Waals surface area contributed by atoms with Gasteiger partial charge in [0, 0.05) is 4.88 Å². The zero-order valence-corrected chi connectivity index (χ0v) is 17.6. The molecule has 0 radical (unpaired) electrons. The summed E-state index contributed by atoms with van der Waals surface area (Å²) >= 11 is 7.63. The van der Waals surface area contributed by atoms with Crippen molar-refractivity contribution in [2.75, 3.05) is 5.32 Å². The summed E-state index contributed by atoms with van der Waals surface area (Å²) in [6, 6.07) is 0. The lowest BCUT2D eigenvalue weighted by Gasteiger charge is -2.14. The number of esters is 1. The number of fused-ring (bicyclic) bond motifs is 1. The molecule has 0 aliphatic heterocycles. The van der Waals surface area contributed by atoms with Gasteiger partial charge < -0.3 is 10.1 Å². The van der Waals surface area contributed by atoms with E-state index in [9.17, 15) is 9.59 Å². The molecule has 0 spiro atoms. The van der Waals surface area contributed by atoms with Crippen LogP contribution in [0.15, 0.2) is 0 Å². The maximum atomic E-state index is 12.6. The molecule has 2 heterocycles. The average Bonchev–Trinajstić information content (AvgIpc) is 3.06. The molecular formula is C19H24ClN3O3S. The maximum Gasteiger partial charge on any atom is 0.341 e. The van der Waals surface area contributed by atoms with Gasteiger partial charge in [-0.2, -0.15) is 5.10 Å². The number of halogens is 1. The van der Waals surface area contributed by atoms with Gasteiger partial charge in [-0.1, -0.05) is 11.6 Å². The van der Waals surface area contributed by atoms with Gasteiger partial charge in [0.05, 0.1) is 28.1 Å². The van der Waals surface area contributed by atoms with Gasteiger partial charge in [0.25, 0.3) is 0 Å². The number of hydrogen-bond donors (Lipinski definition) is 1. The number of rotatable bonds is 5. The summed E-state index contributed by atoms with van der Waals surface area (Å²) in [5.41, 5.74) is 2.98. The van der Waals surface area contributed by atoms with E-state index in [0.717, 1.165) is 36.9 Å². The van der Waals surface area contributed by atoms with Crippen LogP contribution in [-0.4, -0.2) is 27.8 Å². The highest BCUT2D eigenvalue weighted by molar-refractivity contribution is 7.17.